The number of anilines is 6. The Labute approximate surface area is 525 Å². The first-order valence-corrected chi connectivity index (χ1v) is 32.5. The summed E-state index contributed by atoms with van der Waals surface area (Å²) in [4.78, 5) is 12.2. The smallest absolute Gasteiger partial charge is 0.119 e. The number of aryl methyl sites for hydroxylation is 2. The minimum absolute atomic E-state index is 0.705. The number of hydrogen-bond donors (Lipinski definition) is 0. The molecule has 0 atom stereocenters. The lowest BCUT2D eigenvalue weighted by atomic mass is 9.67. The van der Waals surface area contributed by atoms with Gasteiger partial charge in [0.05, 0.1) is 19.6 Å². The molecule has 0 saturated heterocycles. The van der Waals surface area contributed by atoms with Gasteiger partial charge in [-0.3, -0.25) is 0 Å². The van der Waals surface area contributed by atoms with E-state index in [2.05, 4.69) is 300 Å². The lowest BCUT2D eigenvalue weighted by Gasteiger charge is -2.40. The minimum Gasteiger partial charge on any atom is -0.497 e. The van der Waals surface area contributed by atoms with Gasteiger partial charge in [0.15, 0.2) is 0 Å². The number of rotatable bonds is 14. The van der Waals surface area contributed by atoms with Crippen LogP contribution in [0.3, 0.4) is 0 Å². The SMILES string of the molecule is CCn1c2ccc(Sc3ccccc3)cc2c2cc(N(c3ccc(OC)cc3)c3ccc4c(c3)C3(c5ccccc5Sc5ccccc53)c3cc(N(c5ccc(OC)cc5)c5ccc6c(c5)c5cc(Sc7ccccc7)ccc5n6CC)ccc3-4)ccc21. The first kappa shape index (κ1) is 53.9. The third-order valence-corrected chi connectivity index (χ3v) is 21.0. The topological polar surface area (TPSA) is 34.8 Å². The average Bonchev–Trinajstić information content (AvgIpc) is 1.49. The van der Waals surface area contributed by atoms with Crippen molar-refractivity contribution in [3.63, 3.8) is 0 Å². The Hall–Kier alpha value is -9.51. The van der Waals surface area contributed by atoms with Crippen molar-refractivity contribution in [2.45, 2.75) is 61.7 Å². The molecule has 1 spiro atoms. The minimum atomic E-state index is -0.705. The summed E-state index contributed by atoms with van der Waals surface area (Å²) in [6.07, 6.45) is 0. The summed E-state index contributed by atoms with van der Waals surface area (Å²) in [5.41, 5.74) is 18.0. The van der Waals surface area contributed by atoms with E-state index in [4.69, 9.17) is 9.47 Å². The zero-order chi connectivity index (χ0) is 59.0. The molecule has 2 aliphatic rings. The first-order valence-electron chi connectivity index (χ1n) is 30.0. The van der Waals surface area contributed by atoms with Crippen LogP contribution in [0.4, 0.5) is 34.1 Å². The van der Waals surface area contributed by atoms with Crippen LogP contribution in [0.2, 0.25) is 0 Å². The molecular weight excluding hydrogens is 1130 g/mol. The Balaban J connectivity index is 0.899. The Morgan fingerprint density at radius 3 is 1.10 bits per heavy atom. The molecule has 0 N–H and O–H groups in total. The Morgan fingerprint density at radius 2 is 0.693 bits per heavy atom. The van der Waals surface area contributed by atoms with E-state index in [1.165, 1.54) is 106 Å². The van der Waals surface area contributed by atoms with Crippen LogP contribution in [0.25, 0.3) is 54.7 Å². The van der Waals surface area contributed by atoms with Crippen LogP contribution >= 0.6 is 35.3 Å². The fourth-order valence-corrected chi connectivity index (χ4v) is 16.9. The molecule has 426 valence electrons. The van der Waals surface area contributed by atoms with Gasteiger partial charge in [-0.1, -0.05) is 120 Å². The van der Waals surface area contributed by atoms with Crippen molar-refractivity contribution in [2.75, 3.05) is 24.0 Å². The predicted molar refractivity (Wildman–Crippen MR) is 369 cm³/mol. The second-order valence-corrected chi connectivity index (χ2v) is 25.8. The summed E-state index contributed by atoms with van der Waals surface area (Å²) in [5, 5.41) is 4.92. The van der Waals surface area contributed by atoms with Crippen LogP contribution in [0, 0.1) is 0 Å². The highest BCUT2D eigenvalue weighted by Gasteiger charge is 2.51. The van der Waals surface area contributed by atoms with E-state index in [-0.39, 0.29) is 0 Å². The van der Waals surface area contributed by atoms with Crippen molar-refractivity contribution in [3.05, 3.63) is 289 Å². The van der Waals surface area contributed by atoms with Crippen LogP contribution < -0.4 is 19.3 Å². The molecule has 88 heavy (non-hydrogen) atoms. The van der Waals surface area contributed by atoms with Crippen molar-refractivity contribution in [2.24, 2.45) is 0 Å². The van der Waals surface area contributed by atoms with E-state index >= 15 is 0 Å². The van der Waals surface area contributed by atoms with Crippen molar-refractivity contribution >= 4 is 113 Å². The van der Waals surface area contributed by atoms with E-state index in [0.29, 0.717) is 0 Å². The van der Waals surface area contributed by atoms with E-state index in [9.17, 15) is 0 Å². The lowest BCUT2D eigenvalue weighted by molar-refractivity contribution is 0.414. The molecule has 1 aliphatic carbocycles. The van der Waals surface area contributed by atoms with Gasteiger partial charge in [0, 0.05) is 120 Å². The van der Waals surface area contributed by atoms with Gasteiger partial charge in [0.2, 0.25) is 0 Å². The van der Waals surface area contributed by atoms with E-state index in [1.54, 1.807) is 37.7 Å². The van der Waals surface area contributed by atoms with Crippen LogP contribution in [0.15, 0.2) is 296 Å². The number of benzene rings is 12. The zero-order valence-electron chi connectivity index (χ0n) is 49.1. The average molecular weight is 1190 g/mol. The monoisotopic (exact) mass is 1190 g/mol. The number of methoxy groups -OCH3 is 2. The molecule has 0 radical (unpaired) electrons. The van der Waals surface area contributed by atoms with Gasteiger partial charge in [-0.15, -0.1) is 0 Å². The molecule has 0 unspecified atom stereocenters. The fourth-order valence-electron chi connectivity index (χ4n) is 14.0. The van der Waals surface area contributed by atoms with Crippen molar-refractivity contribution in [3.8, 4) is 22.6 Å². The van der Waals surface area contributed by atoms with E-state index in [0.717, 1.165) is 58.7 Å². The molecule has 6 nitrogen and oxygen atoms in total. The summed E-state index contributed by atoms with van der Waals surface area (Å²) in [6.45, 7) is 6.20. The maximum Gasteiger partial charge on any atom is 0.119 e. The Kier molecular flexibility index (Phi) is 13.5. The van der Waals surface area contributed by atoms with E-state index < -0.39 is 5.41 Å². The van der Waals surface area contributed by atoms with Crippen LogP contribution in [-0.2, 0) is 18.5 Å². The summed E-state index contributed by atoms with van der Waals surface area (Å²) < 4.78 is 16.5. The molecule has 0 fully saturated rings. The summed E-state index contributed by atoms with van der Waals surface area (Å²) in [7, 11) is 3.47. The molecule has 14 aromatic rings. The lowest BCUT2D eigenvalue weighted by Crippen LogP contribution is -2.32. The predicted octanol–water partition coefficient (Wildman–Crippen LogP) is 22.0. The summed E-state index contributed by atoms with van der Waals surface area (Å²) in [6, 6.07) is 99.0. The molecule has 3 heterocycles. The van der Waals surface area contributed by atoms with Crippen LogP contribution in [0.1, 0.15) is 36.1 Å². The molecule has 2 aromatic heterocycles. The molecule has 0 amide bonds. The maximum atomic E-state index is 5.79. The molecule has 16 rings (SSSR count). The second kappa shape index (κ2) is 22.0. The first-order chi connectivity index (χ1) is 43.4. The number of fused-ring (bicyclic) bond motifs is 15. The molecule has 0 saturated carbocycles. The van der Waals surface area contributed by atoms with Crippen molar-refractivity contribution < 1.29 is 9.47 Å². The van der Waals surface area contributed by atoms with Gasteiger partial charge in [-0.05, 0) is 229 Å². The fraction of sp³-hybridized carbons (Fsp3) is 0.0886. The Bertz CT molecular complexity index is 4700. The number of hydrogen-bond acceptors (Lipinski definition) is 7. The molecule has 1 aliphatic heterocycles. The van der Waals surface area contributed by atoms with E-state index in [1.807, 2.05) is 11.8 Å². The quantitative estimate of drug-likeness (QED) is 0.107. The number of nitrogens with zero attached hydrogens (tertiary/aromatic N) is 4. The second-order valence-electron chi connectivity index (χ2n) is 22.5. The summed E-state index contributed by atoms with van der Waals surface area (Å²) >= 11 is 5.48. The van der Waals surface area contributed by atoms with Gasteiger partial charge in [0.1, 0.15) is 11.5 Å². The van der Waals surface area contributed by atoms with Gasteiger partial charge in [-0.25, -0.2) is 0 Å². The zero-order valence-corrected chi connectivity index (χ0v) is 51.6. The Morgan fingerprint density at radius 1 is 0.341 bits per heavy atom. The van der Waals surface area contributed by atoms with Gasteiger partial charge >= 0.3 is 0 Å². The van der Waals surface area contributed by atoms with Crippen molar-refractivity contribution in [1.82, 2.24) is 9.13 Å². The standard InChI is InChI=1S/C79H60N4O2S3/c1-5-80-73-41-31-53(45-65(73)67-49-61(37-43-75(67)80)86-59-17-9-7-10-18-59)82(51-25-33-57(84-3)34-26-51)55-29-39-63-64-40-30-56(48-72(64)79(71(63)47-55)69-21-13-15-23-77(69)88-78-24-16-14-22-70(78)79)83(52-27-35-58(85-4)36-28-52)54-32-42-74-66(46-54)68-50-62(38-44-76(68)81(74)6-2)87-60-19-11-8-12-20-60/h7-50H,5-6H2,1-4H3. The third-order valence-electron chi connectivity index (χ3n) is 17.8. The van der Waals surface area contributed by atoms with Crippen LogP contribution in [-0.4, -0.2) is 23.4 Å². The van der Waals surface area contributed by atoms with Gasteiger partial charge in [-0.2, -0.15) is 0 Å². The number of aromatic nitrogens is 2. The van der Waals surface area contributed by atoms with Crippen molar-refractivity contribution in [1.29, 1.82) is 0 Å². The third kappa shape index (κ3) is 8.81. The maximum absolute atomic E-state index is 5.79. The normalized spacial score (nSPS) is 12.8. The van der Waals surface area contributed by atoms with Crippen LogP contribution in [0.5, 0.6) is 11.5 Å². The highest BCUT2D eigenvalue weighted by Crippen LogP contribution is 2.64. The van der Waals surface area contributed by atoms with Gasteiger partial charge in [0.25, 0.3) is 0 Å². The molecule has 9 heteroatoms. The summed E-state index contributed by atoms with van der Waals surface area (Å²) in [5.74, 6) is 1.62. The molecule has 12 aromatic carbocycles. The largest absolute Gasteiger partial charge is 0.497 e. The molecular formula is C79H60N4O2S3. The van der Waals surface area contributed by atoms with Gasteiger partial charge < -0.3 is 28.4 Å². The highest BCUT2D eigenvalue weighted by molar-refractivity contribution is 8.00. The molecule has 0 bridgehead atoms. The highest BCUT2D eigenvalue weighted by atomic mass is 32.2. The number of ether oxygens (including phenoxy) is 2.